The van der Waals surface area contributed by atoms with E-state index in [9.17, 15) is 4.79 Å². The van der Waals surface area contributed by atoms with Gasteiger partial charge in [-0.15, -0.1) is 0 Å². The summed E-state index contributed by atoms with van der Waals surface area (Å²) < 4.78 is 15.9. The summed E-state index contributed by atoms with van der Waals surface area (Å²) in [4.78, 5) is 11.5. The average molecular weight is 293 g/mol. The fourth-order valence-corrected chi connectivity index (χ4v) is 2.02. The molecule has 1 heterocycles. The number of nitrogens with one attached hydrogen (secondary N) is 1. The van der Waals surface area contributed by atoms with Gasteiger partial charge in [-0.3, -0.25) is 0 Å². The van der Waals surface area contributed by atoms with Crippen LogP contribution in [-0.2, 0) is 16.1 Å². The molecule has 2 rings (SSSR count). The van der Waals surface area contributed by atoms with E-state index in [0.29, 0.717) is 24.5 Å². The molecule has 1 aliphatic heterocycles. The molecule has 1 fully saturated rings. The third-order valence-corrected chi connectivity index (χ3v) is 3.21. The zero-order valence-corrected chi connectivity index (χ0v) is 13.1. The highest BCUT2D eigenvalue weighted by molar-refractivity contribution is 5.77. The number of benzene rings is 1. The second-order valence-electron chi connectivity index (χ2n) is 6.15. The predicted octanol–water partition coefficient (Wildman–Crippen LogP) is 2.28. The highest BCUT2D eigenvalue weighted by Crippen LogP contribution is 2.30. The van der Waals surface area contributed by atoms with Crippen molar-refractivity contribution in [1.29, 1.82) is 0 Å². The van der Waals surface area contributed by atoms with Gasteiger partial charge in [-0.1, -0.05) is 6.07 Å². The molecule has 0 radical (unpaired) electrons. The van der Waals surface area contributed by atoms with E-state index in [4.69, 9.17) is 14.2 Å². The van der Waals surface area contributed by atoms with Crippen LogP contribution < -0.4 is 14.8 Å². The molecule has 0 aromatic heterocycles. The zero-order valence-electron chi connectivity index (χ0n) is 13.1. The van der Waals surface area contributed by atoms with Crippen LogP contribution in [0.4, 0.5) is 0 Å². The maximum atomic E-state index is 11.5. The van der Waals surface area contributed by atoms with Gasteiger partial charge in [0.05, 0.1) is 13.7 Å². The number of carbonyl (C=O) groups is 1. The molecule has 0 aliphatic carbocycles. The van der Waals surface area contributed by atoms with Crippen molar-refractivity contribution in [3.05, 3.63) is 23.8 Å². The van der Waals surface area contributed by atoms with Crippen LogP contribution in [0, 0.1) is 0 Å². The molecule has 1 aliphatic rings. The Labute approximate surface area is 125 Å². The van der Waals surface area contributed by atoms with E-state index < -0.39 is 6.10 Å². The highest BCUT2D eigenvalue weighted by atomic mass is 16.6. The van der Waals surface area contributed by atoms with E-state index in [2.05, 4.69) is 26.1 Å². The molecular formula is C16H23NO4. The van der Waals surface area contributed by atoms with E-state index in [0.717, 1.165) is 12.1 Å². The molecular weight excluding hydrogens is 270 g/mol. The summed E-state index contributed by atoms with van der Waals surface area (Å²) in [7, 11) is 1.59. The molecule has 1 N–H and O–H groups in total. The minimum Gasteiger partial charge on any atom is -0.493 e. The normalized spacial score (nSPS) is 18.5. The summed E-state index contributed by atoms with van der Waals surface area (Å²) in [6.07, 6.45) is 0.0486. The second kappa shape index (κ2) is 6.35. The van der Waals surface area contributed by atoms with E-state index >= 15 is 0 Å². The Morgan fingerprint density at radius 1 is 1.33 bits per heavy atom. The first-order valence-corrected chi connectivity index (χ1v) is 7.14. The number of carbonyl (C=O) groups excluding carboxylic acids is 1. The molecule has 5 heteroatoms. The lowest BCUT2D eigenvalue weighted by Gasteiger charge is -2.21. The SMILES string of the molecule is COc1cc(CNC(C)(C)C)ccc1OC1CCOC1=O. The van der Waals surface area contributed by atoms with Gasteiger partial charge in [-0.25, -0.2) is 4.79 Å². The fourth-order valence-electron chi connectivity index (χ4n) is 2.02. The van der Waals surface area contributed by atoms with Crippen molar-refractivity contribution >= 4 is 5.97 Å². The molecule has 1 aromatic rings. The summed E-state index contributed by atoms with van der Waals surface area (Å²) in [5.74, 6) is 0.888. The molecule has 0 bridgehead atoms. The largest absolute Gasteiger partial charge is 0.493 e. The summed E-state index contributed by atoms with van der Waals surface area (Å²) in [6, 6.07) is 5.73. The number of cyclic esters (lactones) is 1. The number of ether oxygens (including phenoxy) is 3. The Bertz CT molecular complexity index is 507. The average Bonchev–Trinajstić information content (AvgIpc) is 2.82. The number of hydrogen-bond acceptors (Lipinski definition) is 5. The van der Waals surface area contributed by atoms with E-state index in [1.54, 1.807) is 7.11 Å². The lowest BCUT2D eigenvalue weighted by atomic mass is 10.1. The molecule has 21 heavy (non-hydrogen) atoms. The molecule has 1 atom stereocenters. The zero-order chi connectivity index (χ0) is 15.5. The van der Waals surface area contributed by atoms with E-state index in [-0.39, 0.29) is 11.5 Å². The van der Waals surface area contributed by atoms with Gasteiger partial charge in [0.15, 0.2) is 17.6 Å². The first-order valence-electron chi connectivity index (χ1n) is 7.14. The van der Waals surface area contributed by atoms with Crippen molar-refractivity contribution in [3.8, 4) is 11.5 Å². The second-order valence-corrected chi connectivity index (χ2v) is 6.15. The topological polar surface area (TPSA) is 56.8 Å². The quantitative estimate of drug-likeness (QED) is 0.844. The van der Waals surface area contributed by atoms with Crippen molar-refractivity contribution in [3.63, 3.8) is 0 Å². The van der Waals surface area contributed by atoms with Crippen molar-refractivity contribution in [2.24, 2.45) is 0 Å². The van der Waals surface area contributed by atoms with Crippen LogP contribution in [0.15, 0.2) is 18.2 Å². The van der Waals surface area contributed by atoms with Gasteiger partial charge >= 0.3 is 5.97 Å². The van der Waals surface area contributed by atoms with Crippen molar-refractivity contribution < 1.29 is 19.0 Å². The summed E-state index contributed by atoms with van der Waals surface area (Å²) in [6.45, 7) is 7.51. The Balaban J connectivity index is 2.07. The van der Waals surface area contributed by atoms with Crippen LogP contribution in [0.25, 0.3) is 0 Å². The third kappa shape index (κ3) is 4.36. The van der Waals surface area contributed by atoms with Crippen LogP contribution in [0.3, 0.4) is 0 Å². The fraction of sp³-hybridized carbons (Fsp3) is 0.562. The molecule has 116 valence electrons. The maximum absolute atomic E-state index is 11.5. The first kappa shape index (κ1) is 15.6. The minimum atomic E-state index is -0.530. The van der Waals surface area contributed by atoms with Crippen LogP contribution in [0.2, 0.25) is 0 Å². The lowest BCUT2D eigenvalue weighted by molar-refractivity contribution is -0.143. The molecule has 0 amide bonds. The van der Waals surface area contributed by atoms with Gasteiger partial charge in [-0.2, -0.15) is 0 Å². The summed E-state index contributed by atoms with van der Waals surface area (Å²) >= 11 is 0. The summed E-state index contributed by atoms with van der Waals surface area (Å²) in [5, 5.41) is 3.42. The molecule has 1 unspecified atom stereocenters. The first-order chi connectivity index (χ1) is 9.89. The Hall–Kier alpha value is -1.75. The van der Waals surface area contributed by atoms with Crippen molar-refractivity contribution in [2.45, 2.75) is 45.4 Å². The van der Waals surface area contributed by atoms with E-state index in [1.807, 2.05) is 18.2 Å². The van der Waals surface area contributed by atoms with Gasteiger partial charge in [0.25, 0.3) is 0 Å². The van der Waals surface area contributed by atoms with Crippen LogP contribution in [0.5, 0.6) is 11.5 Å². The van der Waals surface area contributed by atoms with Crippen LogP contribution in [-0.4, -0.2) is 31.3 Å². The molecule has 5 nitrogen and oxygen atoms in total. The number of methoxy groups -OCH3 is 1. The van der Waals surface area contributed by atoms with Gasteiger partial charge in [0.2, 0.25) is 0 Å². The van der Waals surface area contributed by atoms with Crippen LogP contribution in [0.1, 0.15) is 32.8 Å². The van der Waals surface area contributed by atoms with Gasteiger partial charge in [-0.05, 0) is 38.5 Å². The minimum absolute atomic E-state index is 0.0516. The van der Waals surface area contributed by atoms with Crippen LogP contribution >= 0.6 is 0 Å². The van der Waals surface area contributed by atoms with Gasteiger partial charge in [0, 0.05) is 18.5 Å². The number of rotatable bonds is 5. The smallest absolute Gasteiger partial charge is 0.347 e. The lowest BCUT2D eigenvalue weighted by Crippen LogP contribution is -2.35. The number of hydrogen-bond donors (Lipinski definition) is 1. The van der Waals surface area contributed by atoms with Gasteiger partial charge < -0.3 is 19.5 Å². The van der Waals surface area contributed by atoms with Crippen molar-refractivity contribution in [1.82, 2.24) is 5.32 Å². The molecule has 1 saturated heterocycles. The molecule has 0 spiro atoms. The highest BCUT2D eigenvalue weighted by Gasteiger charge is 2.29. The standard InChI is InChI=1S/C16H23NO4/c1-16(2,3)17-10-11-5-6-12(14(9-11)19-4)21-13-7-8-20-15(13)18/h5-6,9,13,17H,7-8,10H2,1-4H3. The Morgan fingerprint density at radius 3 is 2.67 bits per heavy atom. The monoisotopic (exact) mass is 293 g/mol. The third-order valence-electron chi connectivity index (χ3n) is 3.21. The number of esters is 1. The Morgan fingerprint density at radius 2 is 2.10 bits per heavy atom. The Kier molecular flexibility index (Phi) is 4.73. The van der Waals surface area contributed by atoms with Gasteiger partial charge in [0.1, 0.15) is 0 Å². The predicted molar refractivity (Wildman–Crippen MR) is 79.6 cm³/mol. The van der Waals surface area contributed by atoms with Crippen molar-refractivity contribution in [2.75, 3.05) is 13.7 Å². The van der Waals surface area contributed by atoms with E-state index in [1.165, 1.54) is 0 Å². The molecule has 0 saturated carbocycles. The molecule has 1 aromatic carbocycles. The maximum Gasteiger partial charge on any atom is 0.347 e. The summed E-state index contributed by atoms with van der Waals surface area (Å²) in [5.41, 5.74) is 1.15.